The second-order valence-electron chi connectivity index (χ2n) is 5.07. The Balaban J connectivity index is 2.05. The van der Waals surface area contributed by atoms with E-state index < -0.39 is 10.2 Å². The third-order valence-electron chi connectivity index (χ3n) is 3.50. The molecule has 0 aromatic heterocycles. The van der Waals surface area contributed by atoms with Crippen molar-refractivity contribution in [2.45, 2.75) is 0 Å². The molecule has 0 aliphatic carbocycles. The Morgan fingerprint density at radius 2 is 1.71 bits per heavy atom. The van der Waals surface area contributed by atoms with Crippen LogP contribution >= 0.6 is 0 Å². The number of carbonyl (C=O) groups excluding carboxylic acids is 1. The molecule has 0 atom stereocenters. The highest BCUT2D eigenvalue weighted by Gasteiger charge is 2.30. The number of carbonyl (C=O) groups is 1. The Labute approximate surface area is 125 Å². The average molecular weight is 312 g/mol. The average Bonchev–Trinajstić information content (AvgIpc) is 2.47. The first-order chi connectivity index (χ1) is 9.84. The third-order valence-corrected chi connectivity index (χ3v) is 5.45. The van der Waals surface area contributed by atoms with Crippen LogP contribution in [0.1, 0.15) is 10.4 Å². The number of amides is 1. The van der Waals surface area contributed by atoms with Crippen LogP contribution < -0.4 is 5.73 Å². The van der Waals surface area contributed by atoms with E-state index in [2.05, 4.69) is 0 Å². The number of piperazine rings is 1. The highest BCUT2D eigenvalue weighted by molar-refractivity contribution is 7.86. The lowest BCUT2D eigenvalue weighted by Gasteiger charge is -2.35. The molecule has 1 fully saturated rings. The van der Waals surface area contributed by atoms with E-state index in [1.165, 1.54) is 22.7 Å². The molecule has 7 nitrogen and oxygen atoms in total. The molecule has 2 N–H and O–H groups in total. The van der Waals surface area contributed by atoms with E-state index in [1.54, 1.807) is 29.2 Å². The molecule has 1 aromatic carbocycles. The van der Waals surface area contributed by atoms with Gasteiger partial charge in [-0.2, -0.15) is 17.0 Å². The zero-order chi connectivity index (χ0) is 15.6. The van der Waals surface area contributed by atoms with Gasteiger partial charge in [0.1, 0.15) is 0 Å². The fourth-order valence-electron chi connectivity index (χ4n) is 2.21. The van der Waals surface area contributed by atoms with Gasteiger partial charge in [0.15, 0.2) is 0 Å². The molecule has 0 radical (unpaired) electrons. The monoisotopic (exact) mass is 312 g/mol. The zero-order valence-electron chi connectivity index (χ0n) is 12.2. The van der Waals surface area contributed by atoms with Crippen LogP contribution in [0.4, 0.5) is 5.69 Å². The topological polar surface area (TPSA) is 87.0 Å². The molecule has 1 aromatic rings. The van der Waals surface area contributed by atoms with Crippen LogP contribution in [-0.2, 0) is 10.2 Å². The van der Waals surface area contributed by atoms with E-state index in [0.29, 0.717) is 37.4 Å². The van der Waals surface area contributed by atoms with Crippen LogP contribution in [-0.4, -0.2) is 68.1 Å². The molecule has 0 saturated carbocycles. The van der Waals surface area contributed by atoms with Gasteiger partial charge in [-0.15, -0.1) is 0 Å². The van der Waals surface area contributed by atoms with E-state index in [-0.39, 0.29) is 5.91 Å². The number of benzene rings is 1. The number of hydrogen-bond donors (Lipinski definition) is 1. The second kappa shape index (κ2) is 6.00. The molecule has 1 aliphatic rings. The van der Waals surface area contributed by atoms with Crippen molar-refractivity contribution in [3.05, 3.63) is 29.8 Å². The lowest BCUT2D eigenvalue weighted by molar-refractivity contribution is 0.0696. The number of nitrogen functional groups attached to an aromatic ring is 1. The van der Waals surface area contributed by atoms with Gasteiger partial charge >= 0.3 is 0 Å². The summed E-state index contributed by atoms with van der Waals surface area (Å²) >= 11 is 0. The van der Waals surface area contributed by atoms with Gasteiger partial charge in [-0.1, -0.05) is 12.1 Å². The first-order valence-corrected chi connectivity index (χ1v) is 8.05. The summed E-state index contributed by atoms with van der Waals surface area (Å²) in [4.78, 5) is 14.0. The molecule has 0 bridgehead atoms. The van der Waals surface area contributed by atoms with Crippen molar-refractivity contribution in [2.75, 3.05) is 46.0 Å². The minimum atomic E-state index is -3.42. The van der Waals surface area contributed by atoms with Crippen LogP contribution in [0, 0.1) is 0 Å². The fourth-order valence-corrected chi connectivity index (χ4v) is 3.30. The van der Waals surface area contributed by atoms with Gasteiger partial charge in [-0.3, -0.25) is 4.79 Å². The number of nitrogens with zero attached hydrogens (tertiary/aromatic N) is 3. The van der Waals surface area contributed by atoms with Crippen molar-refractivity contribution in [1.29, 1.82) is 0 Å². The summed E-state index contributed by atoms with van der Waals surface area (Å²) in [6, 6.07) is 6.89. The maximum atomic E-state index is 12.4. The predicted molar refractivity (Wildman–Crippen MR) is 80.9 cm³/mol. The van der Waals surface area contributed by atoms with Gasteiger partial charge in [0.2, 0.25) is 0 Å². The lowest BCUT2D eigenvalue weighted by Crippen LogP contribution is -2.53. The Morgan fingerprint density at radius 1 is 1.14 bits per heavy atom. The Bertz CT molecular complexity index is 622. The summed E-state index contributed by atoms with van der Waals surface area (Å²) < 4.78 is 26.6. The van der Waals surface area contributed by atoms with E-state index in [9.17, 15) is 13.2 Å². The molecule has 1 saturated heterocycles. The normalized spacial score (nSPS) is 17.2. The smallest absolute Gasteiger partial charge is 0.281 e. The Kier molecular flexibility index (Phi) is 4.50. The van der Waals surface area contributed by atoms with Crippen molar-refractivity contribution in [3.63, 3.8) is 0 Å². The molecular formula is C13H20N4O3S. The maximum absolute atomic E-state index is 12.4. The van der Waals surface area contributed by atoms with Gasteiger partial charge in [-0.05, 0) is 12.1 Å². The molecule has 0 unspecified atom stereocenters. The maximum Gasteiger partial charge on any atom is 0.281 e. The minimum absolute atomic E-state index is 0.157. The standard InChI is InChI=1S/C13H20N4O3S/c1-15(2)21(19,20)17-9-7-16(8-10-17)13(18)11-5-3-4-6-12(11)14/h3-6H,7-10,14H2,1-2H3. The van der Waals surface area contributed by atoms with Crippen LogP contribution in [0.2, 0.25) is 0 Å². The second-order valence-corrected chi connectivity index (χ2v) is 7.21. The molecule has 1 heterocycles. The van der Waals surface area contributed by atoms with Crippen LogP contribution in [0.15, 0.2) is 24.3 Å². The molecule has 21 heavy (non-hydrogen) atoms. The number of anilines is 1. The number of para-hydroxylation sites is 1. The molecule has 1 amide bonds. The number of hydrogen-bond acceptors (Lipinski definition) is 4. The SMILES string of the molecule is CN(C)S(=O)(=O)N1CCN(C(=O)c2ccccc2N)CC1. The predicted octanol–water partition coefficient (Wildman–Crippen LogP) is -0.167. The minimum Gasteiger partial charge on any atom is -0.398 e. The third kappa shape index (κ3) is 3.17. The summed E-state index contributed by atoms with van der Waals surface area (Å²) in [6.07, 6.45) is 0. The summed E-state index contributed by atoms with van der Waals surface area (Å²) in [5, 5.41) is 0. The largest absolute Gasteiger partial charge is 0.398 e. The molecule has 8 heteroatoms. The van der Waals surface area contributed by atoms with Crippen LogP contribution in [0.25, 0.3) is 0 Å². The fraction of sp³-hybridized carbons (Fsp3) is 0.462. The lowest BCUT2D eigenvalue weighted by atomic mass is 10.1. The van der Waals surface area contributed by atoms with E-state index in [1.807, 2.05) is 0 Å². The Hall–Kier alpha value is -1.64. The zero-order valence-corrected chi connectivity index (χ0v) is 13.0. The van der Waals surface area contributed by atoms with Gasteiger partial charge in [0.25, 0.3) is 16.1 Å². The molecule has 0 spiro atoms. The highest BCUT2D eigenvalue weighted by Crippen LogP contribution is 2.16. The van der Waals surface area contributed by atoms with Crippen molar-refractivity contribution in [2.24, 2.45) is 0 Å². The highest BCUT2D eigenvalue weighted by atomic mass is 32.2. The summed E-state index contributed by atoms with van der Waals surface area (Å²) in [6.45, 7) is 1.30. The summed E-state index contributed by atoms with van der Waals surface area (Å²) in [5.41, 5.74) is 6.70. The number of nitrogens with two attached hydrogens (primary N) is 1. The molecule has 2 rings (SSSR count). The van der Waals surface area contributed by atoms with Crippen LogP contribution in [0.5, 0.6) is 0 Å². The Morgan fingerprint density at radius 3 is 2.24 bits per heavy atom. The van der Waals surface area contributed by atoms with E-state index in [0.717, 1.165) is 0 Å². The van der Waals surface area contributed by atoms with Crippen molar-refractivity contribution in [3.8, 4) is 0 Å². The molecule has 116 valence electrons. The van der Waals surface area contributed by atoms with Gasteiger partial charge < -0.3 is 10.6 Å². The number of rotatable bonds is 3. The van der Waals surface area contributed by atoms with Crippen molar-refractivity contribution >= 4 is 21.8 Å². The van der Waals surface area contributed by atoms with Gasteiger partial charge in [0, 0.05) is 46.0 Å². The van der Waals surface area contributed by atoms with E-state index in [4.69, 9.17) is 5.73 Å². The molecular weight excluding hydrogens is 292 g/mol. The van der Waals surface area contributed by atoms with E-state index >= 15 is 0 Å². The first kappa shape index (κ1) is 15.7. The van der Waals surface area contributed by atoms with Gasteiger partial charge in [-0.25, -0.2) is 0 Å². The summed E-state index contributed by atoms with van der Waals surface area (Å²) in [7, 11) is -0.423. The van der Waals surface area contributed by atoms with Crippen molar-refractivity contribution < 1.29 is 13.2 Å². The summed E-state index contributed by atoms with van der Waals surface area (Å²) in [5.74, 6) is -0.157. The molecule has 1 aliphatic heterocycles. The van der Waals surface area contributed by atoms with Crippen molar-refractivity contribution in [1.82, 2.24) is 13.5 Å². The quantitative estimate of drug-likeness (QED) is 0.785. The first-order valence-electron chi connectivity index (χ1n) is 6.65. The van der Waals surface area contributed by atoms with Crippen LogP contribution in [0.3, 0.4) is 0 Å². The van der Waals surface area contributed by atoms with Gasteiger partial charge in [0.05, 0.1) is 5.56 Å².